The van der Waals surface area contributed by atoms with Gasteiger partial charge in [0.05, 0.1) is 0 Å². The summed E-state index contributed by atoms with van der Waals surface area (Å²) >= 11 is 6.01. The summed E-state index contributed by atoms with van der Waals surface area (Å²) in [6.45, 7) is 5.07. The molecule has 0 atom stereocenters. The van der Waals surface area contributed by atoms with E-state index >= 15 is 0 Å². The van der Waals surface area contributed by atoms with Gasteiger partial charge in [-0.15, -0.1) is 0 Å². The zero-order valence-electron chi connectivity index (χ0n) is 14.7. The van der Waals surface area contributed by atoms with Crippen LogP contribution in [0.4, 0.5) is 4.79 Å². The molecule has 0 bridgehead atoms. The third-order valence-corrected chi connectivity index (χ3v) is 4.59. The Morgan fingerprint density at radius 1 is 1.23 bits per heavy atom. The summed E-state index contributed by atoms with van der Waals surface area (Å²) in [6, 6.07) is 5.40. The Bertz CT molecular complexity index is 752. The van der Waals surface area contributed by atoms with Crippen molar-refractivity contribution in [2.24, 2.45) is 0 Å². The van der Waals surface area contributed by atoms with Crippen LogP contribution in [0.5, 0.6) is 5.75 Å². The predicted octanol–water partition coefficient (Wildman–Crippen LogP) is 2.55. The van der Waals surface area contributed by atoms with E-state index < -0.39 is 0 Å². The first-order chi connectivity index (χ1) is 12.6. The zero-order valence-corrected chi connectivity index (χ0v) is 15.5. The Balaban J connectivity index is 1.56. The summed E-state index contributed by atoms with van der Waals surface area (Å²) in [4.78, 5) is 27.7. The van der Waals surface area contributed by atoms with Crippen LogP contribution in [0.1, 0.15) is 12.5 Å². The third kappa shape index (κ3) is 4.38. The van der Waals surface area contributed by atoms with Gasteiger partial charge in [0.25, 0.3) is 0 Å². The summed E-state index contributed by atoms with van der Waals surface area (Å²) < 4.78 is 5.68. The Labute approximate surface area is 158 Å². The SMILES string of the molecule is CCNC(=O)N1CCN(C(=O)/C=C/C2=Cc3cc(Cl)ccc3OC2)CC1. The third-order valence-electron chi connectivity index (χ3n) is 4.35. The number of halogens is 1. The molecule has 0 unspecified atom stereocenters. The molecule has 1 aromatic rings. The van der Waals surface area contributed by atoms with Crippen LogP contribution in [0.15, 0.2) is 35.9 Å². The molecule has 0 aromatic heterocycles. The summed E-state index contributed by atoms with van der Waals surface area (Å²) in [6.07, 6.45) is 5.32. The van der Waals surface area contributed by atoms with E-state index in [0.29, 0.717) is 44.4 Å². The highest BCUT2D eigenvalue weighted by Gasteiger charge is 2.22. The van der Waals surface area contributed by atoms with E-state index in [9.17, 15) is 9.59 Å². The standard InChI is InChI=1S/C19H22ClN3O3/c1-2-21-19(25)23-9-7-22(8-10-23)18(24)6-3-14-11-15-12-16(20)4-5-17(15)26-13-14/h3-6,11-12H,2,7-10,13H2,1H3,(H,21,25)/b6-3+. The van der Waals surface area contributed by atoms with Crippen molar-refractivity contribution in [3.63, 3.8) is 0 Å². The molecular weight excluding hydrogens is 354 g/mol. The molecule has 1 fully saturated rings. The van der Waals surface area contributed by atoms with Crippen molar-refractivity contribution in [1.29, 1.82) is 0 Å². The van der Waals surface area contributed by atoms with Crippen LogP contribution in [0.3, 0.4) is 0 Å². The van der Waals surface area contributed by atoms with E-state index in [4.69, 9.17) is 16.3 Å². The molecule has 1 saturated heterocycles. The van der Waals surface area contributed by atoms with Gasteiger partial charge in [-0.2, -0.15) is 0 Å². The molecule has 1 N–H and O–H groups in total. The lowest BCUT2D eigenvalue weighted by Gasteiger charge is -2.34. The number of urea groups is 1. The summed E-state index contributed by atoms with van der Waals surface area (Å²) in [5, 5.41) is 3.43. The minimum absolute atomic E-state index is 0.0571. The lowest BCUT2D eigenvalue weighted by molar-refractivity contribution is -0.127. The molecule has 2 aliphatic rings. The molecule has 1 aromatic carbocycles. The number of nitrogens with one attached hydrogen (secondary N) is 1. The molecule has 3 rings (SSSR count). The van der Waals surface area contributed by atoms with Crippen LogP contribution in [0.25, 0.3) is 6.08 Å². The largest absolute Gasteiger partial charge is 0.488 e. The van der Waals surface area contributed by atoms with Gasteiger partial charge in [0.2, 0.25) is 5.91 Å². The molecule has 2 aliphatic heterocycles. The minimum Gasteiger partial charge on any atom is -0.488 e. The molecule has 3 amide bonds. The predicted molar refractivity (Wildman–Crippen MR) is 101 cm³/mol. The average molecular weight is 376 g/mol. The van der Waals surface area contributed by atoms with Crippen molar-refractivity contribution in [2.75, 3.05) is 39.3 Å². The number of benzene rings is 1. The summed E-state index contributed by atoms with van der Waals surface area (Å²) in [7, 11) is 0. The highest BCUT2D eigenvalue weighted by molar-refractivity contribution is 6.30. The van der Waals surface area contributed by atoms with Crippen molar-refractivity contribution in [1.82, 2.24) is 15.1 Å². The molecule has 6 nitrogen and oxygen atoms in total. The molecule has 0 radical (unpaired) electrons. The van der Waals surface area contributed by atoms with Crippen LogP contribution >= 0.6 is 11.6 Å². The van der Waals surface area contributed by atoms with Crippen molar-refractivity contribution in [3.8, 4) is 5.75 Å². The van der Waals surface area contributed by atoms with Gasteiger partial charge in [-0.25, -0.2) is 4.79 Å². The van der Waals surface area contributed by atoms with Crippen LogP contribution < -0.4 is 10.1 Å². The fourth-order valence-electron chi connectivity index (χ4n) is 2.94. The molecule has 0 spiro atoms. The summed E-state index contributed by atoms with van der Waals surface area (Å²) in [5.41, 5.74) is 1.82. The Morgan fingerprint density at radius 2 is 1.96 bits per heavy atom. The molecule has 2 heterocycles. The van der Waals surface area contributed by atoms with Crippen molar-refractivity contribution < 1.29 is 14.3 Å². The number of ether oxygens (including phenoxy) is 1. The molecular formula is C19H22ClN3O3. The highest BCUT2D eigenvalue weighted by Crippen LogP contribution is 2.29. The van der Waals surface area contributed by atoms with Gasteiger partial charge in [-0.1, -0.05) is 17.7 Å². The van der Waals surface area contributed by atoms with Gasteiger partial charge in [-0.05, 0) is 36.8 Å². The second-order valence-electron chi connectivity index (χ2n) is 6.17. The highest BCUT2D eigenvalue weighted by atomic mass is 35.5. The number of rotatable bonds is 3. The molecule has 26 heavy (non-hydrogen) atoms. The Hall–Kier alpha value is -2.47. The van der Waals surface area contributed by atoms with Gasteiger partial charge in [0.15, 0.2) is 0 Å². The topological polar surface area (TPSA) is 61.9 Å². The lowest BCUT2D eigenvalue weighted by Crippen LogP contribution is -2.52. The van der Waals surface area contributed by atoms with E-state index in [1.54, 1.807) is 28.0 Å². The van der Waals surface area contributed by atoms with Crippen LogP contribution in [-0.4, -0.2) is 61.1 Å². The van der Waals surface area contributed by atoms with Crippen LogP contribution in [0, 0.1) is 0 Å². The van der Waals surface area contributed by atoms with Gasteiger partial charge in [-0.3, -0.25) is 4.79 Å². The number of amides is 3. The first-order valence-electron chi connectivity index (χ1n) is 8.69. The number of carbonyl (C=O) groups excluding carboxylic acids is 2. The van der Waals surface area contributed by atoms with Crippen LogP contribution in [-0.2, 0) is 4.79 Å². The minimum atomic E-state index is -0.0722. The van der Waals surface area contributed by atoms with Gasteiger partial charge >= 0.3 is 6.03 Å². The Kier molecular flexibility index (Phi) is 5.83. The van der Waals surface area contributed by atoms with Crippen molar-refractivity contribution in [2.45, 2.75) is 6.92 Å². The second-order valence-corrected chi connectivity index (χ2v) is 6.61. The fourth-order valence-corrected chi connectivity index (χ4v) is 3.12. The van der Waals surface area contributed by atoms with Crippen molar-refractivity contribution >= 4 is 29.6 Å². The maximum Gasteiger partial charge on any atom is 0.317 e. The maximum absolute atomic E-state index is 12.4. The number of hydrogen-bond acceptors (Lipinski definition) is 3. The van der Waals surface area contributed by atoms with E-state index in [-0.39, 0.29) is 11.9 Å². The van der Waals surface area contributed by atoms with Crippen molar-refractivity contribution in [3.05, 3.63) is 46.5 Å². The molecule has 0 saturated carbocycles. The van der Waals surface area contributed by atoms with Gasteiger partial charge < -0.3 is 19.9 Å². The number of nitrogens with zero attached hydrogens (tertiary/aromatic N) is 2. The fraction of sp³-hybridized carbons (Fsp3) is 0.368. The van der Waals surface area contributed by atoms with E-state index in [1.807, 2.05) is 25.1 Å². The second kappa shape index (κ2) is 8.27. The number of carbonyl (C=O) groups is 2. The lowest BCUT2D eigenvalue weighted by atomic mass is 10.1. The Morgan fingerprint density at radius 3 is 2.69 bits per heavy atom. The first-order valence-corrected chi connectivity index (χ1v) is 9.07. The van der Waals surface area contributed by atoms with E-state index in [1.165, 1.54) is 0 Å². The monoisotopic (exact) mass is 375 g/mol. The maximum atomic E-state index is 12.4. The smallest absolute Gasteiger partial charge is 0.317 e. The van der Waals surface area contributed by atoms with Gasteiger partial charge in [0.1, 0.15) is 12.4 Å². The quantitative estimate of drug-likeness (QED) is 0.826. The average Bonchev–Trinajstić information content (AvgIpc) is 2.66. The summed E-state index contributed by atoms with van der Waals surface area (Å²) in [5.74, 6) is 0.734. The first kappa shape index (κ1) is 18.3. The van der Waals surface area contributed by atoms with E-state index in [2.05, 4.69) is 5.32 Å². The number of fused-ring (bicyclic) bond motifs is 1. The molecule has 7 heteroatoms. The zero-order chi connectivity index (χ0) is 18.5. The normalized spacial score (nSPS) is 16.8. The van der Waals surface area contributed by atoms with Gasteiger partial charge in [0, 0.05) is 49.4 Å². The number of piperazine rings is 1. The molecule has 138 valence electrons. The molecule has 0 aliphatic carbocycles. The van der Waals surface area contributed by atoms with E-state index in [0.717, 1.165) is 16.9 Å². The van der Waals surface area contributed by atoms with Crippen LogP contribution in [0.2, 0.25) is 5.02 Å². The number of hydrogen-bond donors (Lipinski definition) is 1.